The molecule has 7 nitrogen and oxygen atoms in total. The number of piperazine rings is 1. The van der Waals surface area contributed by atoms with Crippen molar-refractivity contribution < 1.29 is 14.4 Å². The van der Waals surface area contributed by atoms with Crippen molar-refractivity contribution in [3.05, 3.63) is 65.7 Å². The highest BCUT2D eigenvalue weighted by molar-refractivity contribution is 6.00. The van der Waals surface area contributed by atoms with Crippen LogP contribution in [-0.4, -0.2) is 66.3 Å². The first-order chi connectivity index (χ1) is 15.0. The molecule has 2 N–H and O–H groups in total. The largest absolute Gasteiger partial charge is 0.368 e. The normalized spacial score (nSPS) is 19.6. The zero-order chi connectivity index (χ0) is 21.8. The summed E-state index contributed by atoms with van der Waals surface area (Å²) >= 11 is 0. The molecule has 0 radical (unpaired) electrons. The van der Waals surface area contributed by atoms with Gasteiger partial charge >= 0.3 is 0 Å². The van der Waals surface area contributed by atoms with Crippen molar-refractivity contribution in [2.24, 2.45) is 5.73 Å². The van der Waals surface area contributed by atoms with Gasteiger partial charge in [-0.1, -0.05) is 36.4 Å². The van der Waals surface area contributed by atoms with Gasteiger partial charge in [0, 0.05) is 50.4 Å². The van der Waals surface area contributed by atoms with Crippen LogP contribution >= 0.6 is 0 Å². The molecule has 2 heterocycles. The number of amides is 3. The van der Waals surface area contributed by atoms with Gasteiger partial charge in [-0.05, 0) is 36.6 Å². The summed E-state index contributed by atoms with van der Waals surface area (Å²) in [6, 6.07) is 16.6. The van der Waals surface area contributed by atoms with Crippen LogP contribution < -0.4 is 10.6 Å². The van der Waals surface area contributed by atoms with Gasteiger partial charge < -0.3 is 15.5 Å². The minimum atomic E-state index is -0.672. The van der Waals surface area contributed by atoms with Crippen molar-refractivity contribution in [3.63, 3.8) is 0 Å². The molecule has 2 aliphatic rings. The second kappa shape index (κ2) is 9.31. The minimum absolute atomic E-state index is 0.0756. The van der Waals surface area contributed by atoms with Gasteiger partial charge in [0.25, 0.3) is 5.91 Å². The molecule has 2 saturated heterocycles. The maximum Gasteiger partial charge on any atom is 0.254 e. The molecule has 0 bridgehead atoms. The van der Waals surface area contributed by atoms with Gasteiger partial charge in [0.15, 0.2) is 0 Å². The molecular formula is C24H28N4O3. The number of nitrogens with zero attached hydrogens (tertiary/aromatic N) is 3. The first-order valence-corrected chi connectivity index (χ1v) is 10.8. The van der Waals surface area contributed by atoms with E-state index in [4.69, 9.17) is 5.73 Å². The van der Waals surface area contributed by atoms with E-state index in [0.29, 0.717) is 38.2 Å². The van der Waals surface area contributed by atoms with Gasteiger partial charge in [-0.3, -0.25) is 19.3 Å². The van der Waals surface area contributed by atoms with Crippen molar-refractivity contribution in [1.29, 1.82) is 0 Å². The summed E-state index contributed by atoms with van der Waals surface area (Å²) in [5.74, 6) is -0.643. The number of carbonyl (C=O) groups excluding carboxylic acids is 3. The Morgan fingerprint density at radius 3 is 2.52 bits per heavy atom. The van der Waals surface area contributed by atoms with Crippen molar-refractivity contribution in [3.8, 4) is 0 Å². The molecule has 0 saturated carbocycles. The van der Waals surface area contributed by atoms with Crippen LogP contribution in [0.5, 0.6) is 0 Å². The quantitative estimate of drug-likeness (QED) is 0.770. The Balaban J connectivity index is 1.44. The number of hydrogen-bond acceptors (Lipinski definition) is 4. The highest BCUT2D eigenvalue weighted by Crippen LogP contribution is 2.24. The molecule has 3 amide bonds. The maximum atomic E-state index is 13.2. The molecule has 2 aromatic rings. The van der Waals surface area contributed by atoms with E-state index >= 15 is 0 Å². The summed E-state index contributed by atoms with van der Waals surface area (Å²) in [5, 5.41) is 0. The average Bonchev–Trinajstić information content (AvgIpc) is 3.23. The Labute approximate surface area is 182 Å². The molecule has 162 valence electrons. The Morgan fingerprint density at radius 1 is 1.00 bits per heavy atom. The predicted octanol–water partition coefficient (Wildman–Crippen LogP) is 1.67. The maximum absolute atomic E-state index is 13.2. The third-order valence-electron chi connectivity index (χ3n) is 6.09. The summed E-state index contributed by atoms with van der Waals surface area (Å²) in [6.45, 7) is 3.03. The van der Waals surface area contributed by atoms with Crippen LogP contribution in [-0.2, 0) is 16.0 Å². The molecular weight excluding hydrogens is 392 g/mol. The Bertz CT molecular complexity index is 962. The van der Waals surface area contributed by atoms with E-state index in [9.17, 15) is 14.4 Å². The highest BCUT2D eigenvalue weighted by Gasteiger charge is 2.34. The Morgan fingerprint density at radius 2 is 1.81 bits per heavy atom. The molecule has 0 spiro atoms. The SMILES string of the molecule is NC(=O)C1CN(CCc2ccccc2)CCN1C(=O)c1cccc(N2CCCC2=O)c1. The van der Waals surface area contributed by atoms with E-state index in [2.05, 4.69) is 17.0 Å². The molecule has 2 aromatic carbocycles. The lowest BCUT2D eigenvalue weighted by Gasteiger charge is -2.40. The van der Waals surface area contributed by atoms with Crippen LogP contribution in [0.3, 0.4) is 0 Å². The molecule has 2 fully saturated rings. The zero-order valence-corrected chi connectivity index (χ0v) is 17.6. The second-order valence-corrected chi connectivity index (χ2v) is 8.15. The van der Waals surface area contributed by atoms with Crippen molar-refractivity contribution in [2.45, 2.75) is 25.3 Å². The molecule has 31 heavy (non-hydrogen) atoms. The van der Waals surface area contributed by atoms with Gasteiger partial charge in [-0.15, -0.1) is 0 Å². The second-order valence-electron chi connectivity index (χ2n) is 8.15. The molecule has 2 aliphatic heterocycles. The monoisotopic (exact) mass is 420 g/mol. The number of anilines is 1. The fourth-order valence-electron chi connectivity index (χ4n) is 4.35. The molecule has 7 heteroatoms. The van der Waals surface area contributed by atoms with E-state index in [1.807, 2.05) is 24.3 Å². The molecule has 0 aromatic heterocycles. The minimum Gasteiger partial charge on any atom is -0.368 e. The summed E-state index contributed by atoms with van der Waals surface area (Å²) < 4.78 is 0. The lowest BCUT2D eigenvalue weighted by Crippen LogP contribution is -2.60. The van der Waals surface area contributed by atoms with Crippen LogP contribution in [0.2, 0.25) is 0 Å². The summed E-state index contributed by atoms with van der Waals surface area (Å²) in [4.78, 5) is 43.0. The van der Waals surface area contributed by atoms with E-state index in [1.54, 1.807) is 28.0 Å². The smallest absolute Gasteiger partial charge is 0.254 e. The highest BCUT2D eigenvalue weighted by atomic mass is 16.2. The Kier molecular flexibility index (Phi) is 6.32. The fraction of sp³-hybridized carbons (Fsp3) is 0.375. The Hall–Kier alpha value is -3.19. The number of rotatable bonds is 6. The van der Waals surface area contributed by atoms with Crippen molar-refractivity contribution in [1.82, 2.24) is 9.80 Å². The standard InChI is InChI=1S/C24H28N4O3/c25-23(30)21-17-26(13-11-18-6-2-1-3-7-18)14-15-28(21)24(31)19-8-4-9-20(16-19)27-12-5-10-22(27)29/h1-4,6-9,16,21H,5,10-15,17H2,(H2,25,30). The van der Waals surface area contributed by atoms with Crippen LogP contribution in [0.4, 0.5) is 5.69 Å². The first kappa shape index (κ1) is 21.1. The summed E-state index contributed by atoms with van der Waals surface area (Å²) in [5.41, 5.74) is 8.12. The summed E-state index contributed by atoms with van der Waals surface area (Å²) in [6.07, 6.45) is 2.24. The van der Waals surface area contributed by atoms with Gasteiger partial charge in [0.2, 0.25) is 11.8 Å². The molecule has 4 rings (SSSR count). The third kappa shape index (κ3) is 4.77. The lowest BCUT2D eigenvalue weighted by atomic mass is 10.1. The number of nitrogens with two attached hydrogens (primary N) is 1. The average molecular weight is 421 g/mol. The first-order valence-electron chi connectivity index (χ1n) is 10.8. The van der Waals surface area contributed by atoms with E-state index < -0.39 is 11.9 Å². The fourth-order valence-corrected chi connectivity index (χ4v) is 4.35. The lowest BCUT2D eigenvalue weighted by molar-refractivity contribution is -0.124. The van der Waals surface area contributed by atoms with Crippen molar-refractivity contribution in [2.75, 3.05) is 37.6 Å². The van der Waals surface area contributed by atoms with Crippen LogP contribution in [0, 0.1) is 0 Å². The van der Waals surface area contributed by atoms with Gasteiger partial charge in [-0.2, -0.15) is 0 Å². The number of carbonyl (C=O) groups is 3. The van der Waals surface area contributed by atoms with E-state index in [1.165, 1.54) is 5.56 Å². The van der Waals surface area contributed by atoms with Crippen molar-refractivity contribution >= 4 is 23.4 Å². The van der Waals surface area contributed by atoms with Crippen LogP contribution in [0.15, 0.2) is 54.6 Å². The molecule has 1 atom stereocenters. The van der Waals surface area contributed by atoms with E-state index in [-0.39, 0.29) is 11.8 Å². The van der Waals surface area contributed by atoms with Gasteiger partial charge in [0.05, 0.1) is 0 Å². The van der Waals surface area contributed by atoms with E-state index in [0.717, 1.165) is 25.1 Å². The summed E-state index contributed by atoms with van der Waals surface area (Å²) in [7, 11) is 0. The number of primary amides is 1. The molecule has 1 unspecified atom stereocenters. The van der Waals surface area contributed by atoms with Gasteiger partial charge in [0.1, 0.15) is 6.04 Å². The third-order valence-corrected chi connectivity index (χ3v) is 6.09. The number of hydrogen-bond donors (Lipinski definition) is 1. The topological polar surface area (TPSA) is 87.0 Å². The number of benzene rings is 2. The van der Waals surface area contributed by atoms with Crippen LogP contribution in [0.1, 0.15) is 28.8 Å². The zero-order valence-electron chi connectivity index (χ0n) is 17.6. The van der Waals surface area contributed by atoms with Crippen LogP contribution in [0.25, 0.3) is 0 Å². The molecule has 0 aliphatic carbocycles. The predicted molar refractivity (Wildman–Crippen MR) is 119 cm³/mol. The van der Waals surface area contributed by atoms with Gasteiger partial charge in [-0.25, -0.2) is 0 Å².